The van der Waals surface area contributed by atoms with Crippen LogP contribution >= 0.6 is 15.9 Å². The smallest absolute Gasteiger partial charge is 0.128 e. The standard InChI is InChI=1S/C17H22BrN3/c1-5-20-16(14-6-10(2)9-21-17(14)19)13-7-11(3)15(18)12(4)8-13/h6-9,16,20H,5H2,1-4H3,(H2,19,21). The number of nitrogens with one attached hydrogen (secondary N) is 1. The van der Waals surface area contributed by atoms with E-state index in [1.165, 1.54) is 16.7 Å². The predicted octanol–water partition coefficient (Wildman–Crippen LogP) is 4.05. The molecule has 3 N–H and O–H groups in total. The molecule has 0 fully saturated rings. The molecule has 1 atom stereocenters. The summed E-state index contributed by atoms with van der Waals surface area (Å²) in [5, 5.41) is 3.52. The Labute approximate surface area is 135 Å². The van der Waals surface area contributed by atoms with Gasteiger partial charge in [0, 0.05) is 16.2 Å². The highest BCUT2D eigenvalue weighted by atomic mass is 79.9. The van der Waals surface area contributed by atoms with E-state index in [-0.39, 0.29) is 6.04 Å². The molecule has 3 nitrogen and oxygen atoms in total. The second-order valence-electron chi connectivity index (χ2n) is 5.45. The summed E-state index contributed by atoms with van der Waals surface area (Å²) in [4.78, 5) is 4.30. The fourth-order valence-corrected chi connectivity index (χ4v) is 2.82. The van der Waals surface area contributed by atoms with Gasteiger partial charge < -0.3 is 11.1 Å². The van der Waals surface area contributed by atoms with Crippen LogP contribution in [0.2, 0.25) is 0 Å². The van der Waals surface area contributed by atoms with Crippen molar-refractivity contribution in [2.45, 2.75) is 33.7 Å². The van der Waals surface area contributed by atoms with E-state index in [0.29, 0.717) is 5.82 Å². The van der Waals surface area contributed by atoms with Gasteiger partial charge in [0.1, 0.15) is 5.82 Å². The minimum atomic E-state index is 0.0629. The number of anilines is 1. The minimum Gasteiger partial charge on any atom is -0.383 e. The number of rotatable bonds is 4. The van der Waals surface area contributed by atoms with Crippen LogP contribution in [-0.2, 0) is 0 Å². The predicted molar refractivity (Wildman–Crippen MR) is 92.5 cm³/mol. The topological polar surface area (TPSA) is 50.9 Å². The zero-order chi connectivity index (χ0) is 15.6. The number of nitrogens with zero attached hydrogens (tertiary/aromatic N) is 1. The number of nitrogens with two attached hydrogens (primary N) is 1. The van der Waals surface area contributed by atoms with Crippen molar-refractivity contribution in [3.05, 3.63) is 56.7 Å². The fraction of sp³-hybridized carbons (Fsp3) is 0.353. The quantitative estimate of drug-likeness (QED) is 0.876. The SMILES string of the molecule is CCNC(c1cc(C)c(Br)c(C)c1)c1cc(C)cnc1N. The molecule has 0 spiro atoms. The Kier molecular flexibility index (Phi) is 5.01. The molecule has 0 saturated carbocycles. The molecule has 1 aromatic carbocycles. The molecule has 0 saturated heterocycles. The highest BCUT2D eigenvalue weighted by molar-refractivity contribution is 9.10. The summed E-state index contributed by atoms with van der Waals surface area (Å²) in [5.41, 5.74) is 11.9. The van der Waals surface area contributed by atoms with Gasteiger partial charge in [-0.1, -0.05) is 35.0 Å². The first-order chi connectivity index (χ1) is 9.93. The summed E-state index contributed by atoms with van der Waals surface area (Å²) < 4.78 is 1.16. The molecule has 1 unspecified atom stereocenters. The maximum Gasteiger partial charge on any atom is 0.128 e. The van der Waals surface area contributed by atoms with Gasteiger partial charge in [0.25, 0.3) is 0 Å². The van der Waals surface area contributed by atoms with E-state index in [4.69, 9.17) is 5.73 Å². The van der Waals surface area contributed by atoms with E-state index in [1.54, 1.807) is 6.20 Å². The van der Waals surface area contributed by atoms with Gasteiger partial charge in [-0.2, -0.15) is 0 Å². The van der Waals surface area contributed by atoms with Crippen LogP contribution in [0, 0.1) is 20.8 Å². The van der Waals surface area contributed by atoms with Crippen LogP contribution in [0.3, 0.4) is 0 Å². The average Bonchev–Trinajstić information content (AvgIpc) is 2.44. The number of pyridine rings is 1. The molecule has 1 aromatic heterocycles. The first-order valence-corrected chi connectivity index (χ1v) is 7.95. The number of halogens is 1. The monoisotopic (exact) mass is 347 g/mol. The second-order valence-corrected chi connectivity index (χ2v) is 6.24. The van der Waals surface area contributed by atoms with Crippen molar-refractivity contribution in [2.75, 3.05) is 12.3 Å². The zero-order valence-electron chi connectivity index (χ0n) is 13.0. The normalized spacial score (nSPS) is 12.4. The van der Waals surface area contributed by atoms with Gasteiger partial charge in [0.15, 0.2) is 0 Å². The molecule has 0 aliphatic heterocycles. The molecule has 2 aromatic rings. The highest BCUT2D eigenvalue weighted by Crippen LogP contribution is 2.31. The van der Waals surface area contributed by atoms with Gasteiger partial charge in [-0.05, 0) is 55.6 Å². The van der Waals surface area contributed by atoms with Crippen LogP contribution in [0.4, 0.5) is 5.82 Å². The van der Waals surface area contributed by atoms with Crippen LogP contribution in [-0.4, -0.2) is 11.5 Å². The van der Waals surface area contributed by atoms with Crippen molar-refractivity contribution < 1.29 is 0 Å². The lowest BCUT2D eigenvalue weighted by molar-refractivity contribution is 0.629. The molecule has 112 valence electrons. The molecular weight excluding hydrogens is 326 g/mol. The third-order valence-electron chi connectivity index (χ3n) is 3.60. The van der Waals surface area contributed by atoms with E-state index in [9.17, 15) is 0 Å². The first kappa shape index (κ1) is 16.0. The van der Waals surface area contributed by atoms with E-state index in [1.807, 2.05) is 6.92 Å². The summed E-state index contributed by atoms with van der Waals surface area (Å²) in [7, 11) is 0. The Morgan fingerprint density at radius 3 is 2.38 bits per heavy atom. The van der Waals surface area contributed by atoms with E-state index >= 15 is 0 Å². The van der Waals surface area contributed by atoms with Gasteiger partial charge in [0.05, 0.1) is 6.04 Å². The van der Waals surface area contributed by atoms with E-state index < -0.39 is 0 Å². The molecule has 0 bridgehead atoms. The Morgan fingerprint density at radius 2 is 1.81 bits per heavy atom. The molecule has 1 heterocycles. The van der Waals surface area contributed by atoms with Crippen molar-refractivity contribution in [1.82, 2.24) is 10.3 Å². The number of aryl methyl sites for hydroxylation is 3. The van der Waals surface area contributed by atoms with Gasteiger partial charge in [-0.3, -0.25) is 0 Å². The summed E-state index contributed by atoms with van der Waals surface area (Å²) >= 11 is 3.63. The van der Waals surface area contributed by atoms with E-state index in [2.05, 4.69) is 65.2 Å². The van der Waals surface area contributed by atoms with Crippen molar-refractivity contribution in [3.63, 3.8) is 0 Å². The average molecular weight is 348 g/mol. The van der Waals surface area contributed by atoms with Gasteiger partial charge in [0.2, 0.25) is 0 Å². The number of hydrogen-bond acceptors (Lipinski definition) is 3. The first-order valence-electron chi connectivity index (χ1n) is 7.16. The van der Waals surface area contributed by atoms with Crippen molar-refractivity contribution >= 4 is 21.7 Å². The minimum absolute atomic E-state index is 0.0629. The van der Waals surface area contributed by atoms with Crippen LogP contribution in [0.25, 0.3) is 0 Å². The number of hydrogen-bond donors (Lipinski definition) is 2. The lowest BCUT2D eigenvalue weighted by Crippen LogP contribution is -2.23. The van der Waals surface area contributed by atoms with E-state index in [0.717, 1.165) is 22.1 Å². The molecule has 0 aliphatic carbocycles. The summed E-state index contributed by atoms with van der Waals surface area (Å²) in [6, 6.07) is 6.58. The van der Waals surface area contributed by atoms with Crippen LogP contribution in [0.15, 0.2) is 28.9 Å². The Hall–Kier alpha value is -1.39. The second kappa shape index (κ2) is 6.58. The van der Waals surface area contributed by atoms with Crippen LogP contribution < -0.4 is 11.1 Å². The third-order valence-corrected chi connectivity index (χ3v) is 4.85. The molecule has 21 heavy (non-hydrogen) atoms. The number of nitrogen functional groups attached to an aromatic ring is 1. The van der Waals surface area contributed by atoms with Gasteiger partial charge in [-0.15, -0.1) is 0 Å². The molecule has 0 amide bonds. The third kappa shape index (κ3) is 3.44. The van der Waals surface area contributed by atoms with Crippen molar-refractivity contribution in [3.8, 4) is 0 Å². The largest absolute Gasteiger partial charge is 0.383 e. The van der Waals surface area contributed by atoms with Gasteiger partial charge in [-0.25, -0.2) is 4.98 Å². The molecular formula is C17H22BrN3. The lowest BCUT2D eigenvalue weighted by atomic mass is 9.95. The highest BCUT2D eigenvalue weighted by Gasteiger charge is 2.18. The number of aromatic nitrogens is 1. The summed E-state index contributed by atoms with van der Waals surface area (Å²) in [6.07, 6.45) is 1.81. The van der Waals surface area contributed by atoms with Crippen molar-refractivity contribution in [2.24, 2.45) is 0 Å². The summed E-state index contributed by atoms with van der Waals surface area (Å²) in [5.74, 6) is 0.588. The summed E-state index contributed by atoms with van der Waals surface area (Å²) in [6.45, 7) is 9.23. The lowest BCUT2D eigenvalue weighted by Gasteiger charge is -2.22. The maximum absolute atomic E-state index is 6.10. The molecule has 0 radical (unpaired) electrons. The van der Waals surface area contributed by atoms with Crippen molar-refractivity contribution in [1.29, 1.82) is 0 Å². The Bertz CT molecular complexity index is 629. The molecule has 4 heteroatoms. The maximum atomic E-state index is 6.10. The molecule has 2 rings (SSSR count). The van der Waals surface area contributed by atoms with Crippen LogP contribution in [0.5, 0.6) is 0 Å². The Morgan fingerprint density at radius 1 is 1.19 bits per heavy atom. The molecule has 0 aliphatic rings. The number of benzene rings is 1. The van der Waals surface area contributed by atoms with Gasteiger partial charge >= 0.3 is 0 Å². The zero-order valence-corrected chi connectivity index (χ0v) is 14.6. The fourth-order valence-electron chi connectivity index (χ4n) is 2.59. The Balaban J connectivity index is 2.56. The van der Waals surface area contributed by atoms with Crippen LogP contribution in [0.1, 0.15) is 40.8 Å².